The third kappa shape index (κ3) is 18.5. The fraction of sp³-hybridized carbons (Fsp3) is 0.917. The molecule has 0 atom stereocenters. The number of aliphatic carboxylic acids is 1. The Hall–Kier alpha value is 0.470. The highest BCUT2D eigenvalue weighted by molar-refractivity contribution is 5.86. The molecule has 4 N–H and O–H groups in total. The third-order valence-electron chi connectivity index (χ3n) is 2.98. The van der Waals surface area contributed by atoms with Gasteiger partial charge in [-0.1, -0.05) is 0 Å². The van der Waals surface area contributed by atoms with Crippen molar-refractivity contribution in [3.05, 3.63) is 0 Å². The Balaban J connectivity index is -0.000000405. The Kier molecular flexibility index (Phi) is 29.6. The molecule has 1 aliphatic rings. The van der Waals surface area contributed by atoms with Crippen molar-refractivity contribution in [2.75, 3.05) is 58.9 Å². The largest absolute Gasteiger partial charge is 0.480 e. The van der Waals surface area contributed by atoms with Crippen molar-refractivity contribution < 1.29 is 9.90 Å². The summed E-state index contributed by atoms with van der Waals surface area (Å²) >= 11 is 0. The normalized spacial score (nSPS) is 18.2. The maximum absolute atomic E-state index is 10.8. The lowest BCUT2D eigenvalue weighted by molar-refractivity contribution is -0.138. The summed E-state index contributed by atoms with van der Waals surface area (Å²) in [6, 6.07) is 0. The predicted octanol–water partition coefficient (Wildman–Crippen LogP) is 0.623. The molecule has 0 aromatic heterocycles. The van der Waals surface area contributed by atoms with Gasteiger partial charge in [-0.05, 0) is 39.0 Å². The molecule has 1 aliphatic heterocycles. The summed E-state index contributed by atoms with van der Waals surface area (Å²) < 4.78 is 0. The molecule has 0 aromatic rings. The number of nitrogens with zero attached hydrogens (tertiary/aromatic N) is 1. The minimum atomic E-state index is -0.742. The van der Waals surface area contributed by atoms with Gasteiger partial charge in [0.1, 0.15) is 0 Å². The van der Waals surface area contributed by atoms with Crippen LogP contribution in [0.1, 0.15) is 12.8 Å². The minimum absolute atomic E-state index is 0. The molecule has 6 nitrogen and oxygen atoms in total. The number of carboxylic acids is 1. The summed E-state index contributed by atoms with van der Waals surface area (Å²) in [6.07, 6.45) is 2.10. The van der Waals surface area contributed by atoms with Crippen LogP contribution in [0.15, 0.2) is 0 Å². The first-order valence-electron chi connectivity index (χ1n) is 6.85. The van der Waals surface area contributed by atoms with Gasteiger partial charge in [0.2, 0.25) is 0 Å². The fourth-order valence-corrected chi connectivity index (χ4v) is 2.02. The van der Waals surface area contributed by atoms with Crippen molar-refractivity contribution in [3.63, 3.8) is 0 Å². The molecule has 0 unspecified atom stereocenters. The Labute approximate surface area is 158 Å². The summed E-state index contributed by atoms with van der Waals surface area (Å²) in [7, 11) is 0. The Morgan fingerprint density at radius 3 is 1.82 bits per heavy atom. The van der Waals surface area contributed by atoms with E-state index in [0.717, 1.165) is 65.2 Å². The number of nitrogens with one attached hydrogen (secondary N) is 3. The average Bonchev–Trinajstić information content (AvgIpc) is 2.33. The molecule has 1 rings (SSSR count). The Morgan fingerprint density at radius 2 is 1.27 bits per heavy atom. The summed E-state index contributed by atoms with van der Waals surface area (Å²) in [5.41, 5.74) is 0. The molecule has 0 aromatic carbocycles. The van der Waals surface area contributed by atoms with Crippen LogP contribution in [0.4, 0.5) is 0 Å². The molecular formula is C12H30Cl4N4O2. The van der Waals surface area contributed by atoms with E-state index in [0.29, 0.717) is 0 Å². The van der Waals surface area contributed by atoms with Gasteiger partial charge in [-0.15, -0.1) is 49.6 Å². The molecule has 22 heavy (non-hydrogen) atoms. The van der Waals surface area contributed by atoms with E-state index in [9.17, 15) is 4.79 Å². The molecule has 0 radical (unpaired) electrons. The van der Waals surface area contributed by atoms with E-state index < -0.39 is 5.97 Å². The van der Waals surface area contributed by atoms with Crippen LogP contribution < -0.4 is 16.0 Å². The standard InChI is InChI=1S/C12H26N4O2.4ClH/c17-12(18)11-16-9-2-5-14-7-6-13-3-1-4-15-8-10-16;;;;/h13-15H,1-11H2,(H,17,18);4*1H. The number of hydrogen-bond acceptors (Lipinski definition) is 5. The van der Waals surface area contributed by atoms with Crippen LogP contribution in [0.3, 0.4) is 0 Å². The molecule has 0 aliphatic carbocycles. The summed E-state index contributed by atoms with van der Waals surface area (Å²) in [5.74, 6) is -0.742. The average molecular weight is 404 g/mol. The smallest absolute Gasteiger partial charge is 0.317 e. The van der Waals surface area contributed by atoms with Gasteiger partial charge in [-0.25, -0.2) is 0 Å². The van der Waals surface area contributed by atoms with Gasteiger partial charge in [0.05, 0.1) is 6.54 Å². The van der Waals surface area contributed by atoms with Crippen LogP contribution in [-0.2, 0) is 4.79 Å². The molecule has 10 heteroatoms. The molecule has 0 saturated carbocycles. The highest BCUT2D eigenvalue weighted by atomic mass is 35.5. The summed E-state index contributed by atoms with van der Waals surface area (Å²) in [6.45, 7) is 7.60. The predicted molar refractivity (Wildman–Crippen MR) is 101 cm³/mol. The van der Waals surface area contributed by atoms with Gasteiger partial charge >= 0.3 is 5.97 Å². The van der Waals surface area contributed by atoms with Gasteiger partial charge in [-0.2, -0.15) is 0 Å². The lowest BCUT2D eigenvalue weighted by Gasteiger charge is -2.21. The molecule has 1 saturated heterocycles. The van der Waals surface area contributed by atoms with E-state index in [1.165, 1.54) is 0 Å². The fourth-order valence-electron chi connectivity index (χ4n) is 2.02. The lowest BCUT2D eigenvalue weighted by atomic mass is 10.3. The Morgan fingerprint density at radius 1 is 0.773 bits per heavy atom. The van der Waals surface area contributed by atoms with Crippen LogP contribution in [-0.4, -0.2) is 74.9 Å². The van der Waals surface area contributed by atoms with E-state index in [1.807, 2.05) is 4.90 Å². The molecule has 0 spiro atoms. The zero-order chi connectivity index (χ0) is 13.1. The second-order valence-electron chi connectivity index (χ2n) is 4.63. The van der Waals surface area contributed by atoms with Gasteiger partial charge in [0.15, 0.2) is 0 Å². The minimum Gasteiger partial charge on any atom is -0.480 e. The SMILES string of the molecule is Cl.Cl.Cl.Cl.O=C(O)CN1CCCNCCNCCCNCC1. The molecule has 1 heterocycles. The number of hydrogen-bond donors (Lipinski definition) is 4. The quantitative estimate of drug-likeness (QED) is 0.541. The van der Waals surface area contributed by atoms with Gasteiger partial charge in [-0.3, -0.25) is 9.69 Å². The van der Waals surface area contributed by atoms with Crippen LogP contribution >= 0.6 is 49.6 Å². The van der Waals surface area contributed by atoms with Crippen molar-refractivity contribution in [1.29, 1.82) is 0 Å². The van der Waals surface area contributed by atoms with Crippen LogP contribution in [0.25, 0.3) is 0 Å². The van der Waals surface area contributed by atoms with Crippen molar-refractivity contribution in [1.82, 2.24) is 20.9 Å². The number of rotatable bonds is 2. The Bertz CT molecular complexity index is 227. The second kappa shape index (κ2) is 21.5. The highest BCUT2D eigenvalue weighted by Gasteiger charge is 2.08. The molecular weight excluding hydrogens is 374 g/mol. The van der Waals surface area contributed by atoms with E-state index in [1.54, 1.807) is 0 Å². The highest BCUT2D eigenvalue weighted by Crippen LogP contribution is 1.91. The first kappa shape index (κ1) is 30.4. The van der Waals surface area contributed by atoms with Gasteiger partial charge in [0, 0.05) is 26.2 Å². The summed E-state index contributed by atoms with van der Waals surface area (Å²) in [5, 5.41) is 18.9. The van der Waals surface area contributed by atoms with Crippen molar-refractivity contribution in [2.45, 2.75) is 12.8 Å². The van der Waals surface area contributed by atoms with Crippen molar-refractivity contribution in [2.24, 2.45) is 0 Å². The van der Waals surface area contributed by atoms with E-state index in [2.05, 4.69) is 16.0 Å². The van der Waals surface area contributed by atoms with E-state index in [-0.39, 0.29) is 56.2 Å². The maximum atomic E-state index is 10.8. The third-order valence-corrected chi connectivity index (χ3v) is 2.98. The molecule has 1 fully saturated rings. The van der Waals surface area contributed by atoms with Crippen molar-refractivity contribution in [3.8, 4) is 0 Å². The number of carboxylic acid groups (broad SMARTS) is 1. The molecule has 0 amide bonds. The van der Waals surface area contributed by atoms with Gasteiger partial charge < -0.3 is 21.1 Å². The zero-order valence-electron chi connectivity index (χ0n) is 12.7. The monoisotopic (exact) mass is 402 g/mol. The zero-order valence-corrected chi connectivity index (χ0v) is 16.0. The van der Waals surface area contributed by atoms with Crippen molar-refractivity contribution >= 4 is 55.6 Å². The second-order valence-corrected chi connectivity index (χ2v) is 4.63. The number of halogens is 4. The first-order valence-corrected chi connectivity index (χ1v) is 6.85. The molecule has 138 valence electrons. The van der Waals surface area contributed by atoms with Crippen LogP contribution in [0, 0.1) is 0 Å². The topological polar surface area (TPSA) is 76.6 Å². The molecule has 0 bridgehead atoms. The maximum Gasteiger partial charge on any atom is 0.317 e. The first-order chi connectivity index (χ1) is 8.79. The lowest BCUT2D eigenvalue weighted by Crippen LogP contribution is -2.39. The van der Waals surface area contributed by atoms with Gasteiger partial charge in [0.25, 0.3) is 0 Å². The summed E-state index contributed by atoms with van der Waals surface area (Å²) in [4.78, 5) is 12.8. The van der Waals surface area contributed by atoms with E-state index >= 15 is 0 Å². The van der Waals surface area contributed by atoms with Crippen LogP contribution in [0.2, 0.25) is 0 Å². The number of carbonyl (C=O) groups is 1. The van der Waals surface area contributed by atoms with E-state index in [4.69, 9.17) is 5.11 Å². The van der Waals surface area contributed by atoms with Crippen LogP contribution in [0.5, 0.6) is 0 Å².